The van der Waals surface area contributed by atoms with Crippen LogP contribution in [0.5, 0.6) is 0 Å². The zero-order valence-electron chi connectivity index (χ0n) is 52.0. The predicted octanol–water partition coefficient (Wildman–Crippen LogP) is 15.2. The van der Waals surface area contributed by atoms with E-state index in [1.165, 1.54) is 0 Å². The van der Waals surface area contributed by atoms with Crippen LogP contribution in [0.15, 0.2) is 218 Å². The third-order valence-corrected chi connectivity index (χ3v) is 10.3. The van der Waals surface area contributed by atoms with E-state index in [-0.39, 0.29) is 27.3 Å². The van der Waals surface area contributed by atoms with Crippen molar-refractivity contribution in [2.24, 2.45) is 0 Å². The van der Waals surface area contributed by atoms with Crippen LogP contribution in [0.2, 0.25) is 0 Å². The minimum absolute atomic E-state index is 0.0558. The molecule has 0 radical (unpaired) electrons. The molecule has 0 unspecified atom stereocenters. The van der Waals surface area contributed by atoms with Crippen LogP contribution in [0.3, 0.4) is 0 Å². The highest BCUT2D eigenvalue weighted by molar-refractivity contribution is 6.29. The summed E-state index contributed by atoms with van der Waals surface area (Å²) in [4.78, 5) is 0. The topological polar surface area (TPSA) is 9.86 Å². The van der Waals surface area contributed by atoms with Gasteiger partial charge in [0.1, 0.15) is 0 Å². The molecule has 0 amide bonds. The van der Waals surface area contributed by atoms with Gasteiger partial charge in [0.2, 0.25) is 0 Å². The van der Waals surface area contributed by atoms with Gasteiger partial charge < -0.3 is 9.13 Å². The summed E-state index contributed by atoms with van der Waals surface area (Å²) in [6, 6.07) is 7.91. The van der Waals surface area contributed by atoms with Gasteiger partial charge in [0.05, 0.1) is 52.2 Å². The molecule has 0 aliphatic carbocycles. The number of aromatic nitrogens is 2. The Morgan fingerprint density at radius 1 is 0.328 bits per heavy atom. The summed E-state index contributed by atoms with van der Waals surface area (Å²) in [5.41, 5.74) is -1.44. The molecule has 0 bridgehead atoms. The zero-order valence-corrected chi connectivity index (χ0v) is 30.0. The normalized spacial score (nSPS) is 17.1. The monoisotopic (exact) mass is 758 g/mol. The lowest BCUT2D eigenvalue weighted by Crippen LogP contribution is -1.95. The molecule has 0 aliphatic heterocycles. The molecule has 0 aliphatic rings. The highest BCUT2D eigenvalue weighted by Crippen LogP contribution is 2.43. The van der Waals surface area contributed by atoms with Crippen LogP contribution in [-0.2, 0) is 0 Å². The molecule has 0 saturated carbocycles. The Kier molecular flexibility index (Phi) is 3.93. The Hall–Kier alpha value is -7.68. The minimum atomic E-state index is -0.859. The van der Waals surface area contributed by atoms with Crippen molar-refractivity contribution in [3.63, 3.8) is 0 Å². The summed E-state index contributed by atoms with van der Waals surface area (Å²) < 4.78 is 209. The Bertz CT molecular complexity index is 4840. The molecule has 0 spiro atoms. The molecule has 10 aromatic carbocycles. The molecule has 0 N–H and O–H groups in total. The summed E-state index contributed by atoms with van der Waals surface area (Å²) in [7, 11) is 0. The first kappa shape index (κ1) is 17.6. The van der Waals surface area contributed by atoms with Crippen molar-refractivity contribution in [2.45, 2.75) is 0 Å². The lowest BCUT2D eigenvalue weighted by atomic mass is 9.95. The molecule has 2 nitrogen and oxygen atoms in total. The van der Waals surface area contributed by atoms with Crippen molar-refractivity contribution in [3.05, 3.63) is 218 Å². The third kappa shape index (κ3) is 5.05. The fourth-order valence-corrected chi connectivity index (χ4v) is 7.72. The maximum absolute atomic E-state index is 9.98. The van der Waals surface area contributed by atoms with Gasteiger partial charge in [-0.2, -0.15) is 0 Å². The van der Waals surface area contributed by atoms with E-state index in [1.54, 1.807) is 48.5 Å². The molecule has 0 atom stereocenters. The lowest BCUT2D eigenvalue weighted by molar-refractivity contribution is 1.18. The smallest absolute Gasteiger partial charge is 0.0651 e. The molecule has 12 rings (SSSR count). The first-order valence-corrected chi connectivity index (χ1v) is 18.2. The summed E-state index contributed by atoms with van der Waals surface area (Å²) in [5, 5.41) is -3.14. The third-order valence-electron chi connectivity index (χ3n) is 10.3. The van der Waals surface area contributed by atoms with E-state index in [4.69, 9.17) is 9.60 Å². The van der Waals surface area contributed by atoms with Crippen molar-refractivity contribution < 1.29 is 30.2 Å². The fraction of sp³-hybridized carbons (Fsp3) is 0. The van der Waals surface area contributed by atoms with E-state index in [0.29, 0.717) is 16.7 Å². The number of hydrogen-bond acceptors (Lipinski definition) is 0. The molecule has 270 valence electrons. The van der Waals surface area contributed by atoms with Crippen molar-refractivity contribution >= 4 is 65.2 Å². The van der Waals surface area contributed by atoms with E-state index < -0.39 is 193 Å². The van der Waals surface area contributed by atoms with Crippen LogP contribution in [0, 0.1) is 0 Å². The Morgan fingerprint density at radius 3 is 1.59 bits per heavy atom. The molecule has 2 heterocycles. The first-order chi connectivity index (χ1) is 38.0. The van der Waals surface area contributed by atoms with Gasteiger partial charge in [-0.3, -0.25) is 0 Å². The summed E-state index contributed by atoms with van der Waals surface area (Å²) in [5.74, 6) is 0. The second kappa shape index (κ2) is 12.9. The number of nitrogens with zero attached hydrogens (tertiary/aromatic N) is 2. The van der Waals surface area contributed by atoms with Gasteiger partial charge in [-0.05, 0) is 115 Å². The van der Waals surface area contributed by atoms with Gasteiger partial charge in [-0.1, -0.05) is 157 Å². The SMILES string of the molecule is [2H]c1c(-c2ccccc2)c([2H])c2c([2H])c(-n3c4c([2H])c([2H])c([2H])c([2H])c4c4c5c6c([2H])c([2H])c([2H])c([2H])c6n(-c6c([2H])c([2H])c7c(-c8cccc(-c9ccccc9)c8)c([2H])c([2H])c([2H])c7c6[2H])c5c([2H])c([2H])c43)c([2H])c([2H])c2c1[2H]. The Labute approximate surface area is 367 Å². The Balaban J connectivity index is 1.30. The lowest BCUT2D eigenvalue weighted by Gasteiger charge is -2.13. The maximum atomic E-state index is 9.98. The van der Waals surface area contributed by atoms with Gasteiger partial charge >= 0.3 is 0 Å². The van der Waals surface area contributed by atoms with Crippen LogP contribution >= 0.6 is 0 Å². The number of benzene rings is 10. The van der Waals surface area contributed by atoms with Crippen LogP contribution < -0.4 is 0 Å². The maximum Gasteiger partial charge on any atom is 0.0651 e. The largest absolute Gasteiger partial charge is 0.309 e. The molecule has 0 saturated heterocycles. The van der Waals surface area contributed by atoms with E-state index >= 15 is 0 Å². The van der Waals surface area contributed by atoms with Crippen LogP contribution in [0.25, 0.3) is 110 Å². The molecule has 12 aromatic rings. The number of hydrogen-bond donors (Lipinski definition) is 0. The van der Waals surface area contributed by atoms with Crippen LogP contribution in [0.4, 0.5) is 0 Å². The van der Waals surface area contributed by atoms with E-state index in [9.17, 15) is 20.6 Å². The van der Waals surface area contributed by atoms with E-state index in [0.717, 1.165) is 14.7 Å². The molecule has 2 heteroatoms. The molecule has 58 heavy (non-hydrogen) atoms. The highest BCUT2D eigenvalue weighted by Gasteiger charge is 2.21. The van der Waals surface area contributed by atoms with E-state index in [2.05, 4.69) is 0 Å². The van der Waals surface area contributed by atoms with E-state index in [1.807, 2.05) is 36.4 Å². The predicted molar refractivity (Wildman–Crippen MR) is 246 cm³/mol. The summed E-state index contributed by atoms with van der Waals surface area (Å²) in [6.07, 6.45) is 0. The standard InChI is InChI=1S/C56H36N2/c1-3-13-37(14-4-1)40-17-11-18-42(33-40)47-22-12-19-43-35-46(29-30-48(43)47)58-52-24-10-8-21-50(52)56-54(58)32-31-53-55(56)49-20-7-9-23-51(49)57(53)45-28-27-39-25-26-41(34-44(39)36-45)38-15-5-2-6-16-38/h1-36H/i7D,8D,9D,10D,12D,19D,20D,21D,22D,23D,24D,25D,26D,27D,28D,29D,30D,31D,32D,34D,35D,36D. The van der Waals surface area contributed by atoms with Crippen molar-refractivity contribution in [3.8, 4) is 44.8 Å². The van der Waals surface area contributed by atoms with Gasteiger partial charge in [0, 0.05) is 32.9 Å². The Morgan fingerprint density at radius 2 is 0.897 bits per heavy atom. The zero-order chi connectivity index (χ0) is 57.3. The minimum Gasteiger partial charge on any atom is -0.309 e. The van der Waals surface area contributed by atoms with Crippen molar-refractivity contribution in [1.82, 2.24) is 9.13 Å². The summed E-state index contributed by atoms with van der Waals surface area (Å²) >= 11 is 0. The number of para-hydroxylation sites is 2. The van der Waals surface area contributed by atoms with Crippen LogP contribution in [-0.4, -0.2) is 9.13 Å². The molecular weight excluding hydrogens is 701 g/mol. The number of fused-ring (bicyclic) bond motifs is 9. The van der Waals surface area contributed by atoms with Gasteiger partial charge in [-0.15, -0.1) is 0 Å². The highest BCUT2D eigenvalue weighted by atomic mass is 15.0. The molecular formula is C56H36N2. The second-order valence-corrected chi connectivity index (χ2v) is 13.6. The second-order valence-electron chi connectivity index (χ2n) is 13.6. The number of rotatable bonds is 5. The van der Waals surface area contributed by atoms with Gasteiger partial charge in [0.25, 0.3) is 0 Å². The quantitative estimate of drug-likeness (QED) is 0.165. The molecule has 2 aromatic heterocycles. The van der Waals surface area contributed by atoms with Crippen molar-refractivity contribution in [2.75, 3.05) is 0 Å². The average molecular weight is 759 g/mol. The van der Waals surface area contributed by atoms with Crippen molar-refractivity contribution in [1.29, 1.82) is 0 Å². The first-order valence-electron chi connectivity index (χ1n) is 29.2. The summed E-state index contributed by atoms with van der Waals surface area (Å²) in [6.45, 7) is 0. The van der Waals surface area contributed by atoms with Crippen LogP contribution in [0.1, 0.15) is 30.2 Å². The average Bonchev–Trinajstić information content (AvgIpc) is 1.86. The fourth-order valence-electron chi connectivity index (χ4n) is 7.72. The van der Waals surface area contributed by atoms with Gasteiger partial charge in [0.15, 0.2) is 0 Å². The molecule has 0 fully saturated rings. The van der Waals surface area contributed by atoms with Gasteiger partial charge in [-0.25, -0.2) is 0 Å².